The number of nitrogen functional groups attached to an aromatic ring is 1. The summed E-state index contributed by atoms with van der Waals surface area (Å²) in [5.74, 6) is 0.831. The van der Waals surface area contributed by atoms with Crippen LogP contribution in [0, 0.1) is 0 Å². The number of carbonyl (C=O) groups excluding carboxylic acids is 1. The summed E-state index contributed by atoms with van der Waals surface area (Å²) in [6.45, 7) is 0.491. The lowest BCUT2D eigenvalue weighted by Crippen LogP contribution is -2.26. The number of nitrogens with one attached hydrogen (secondary N) is 1. The van der Waals surface area contributed by atoms with Crippen LogP contribution in [-0.2, 0) is 6.42 Å². The summed E-state index contributed by atoms with van der Waals surface area (Å²) in [5, 5.41) is 10.1. The molecule has 6 nitrogen and oxygen atoms in total. The van der Waals surface area contributed by atoms with Crippen molar-refractivity contribution in [3.8, 4) is 5.75 Å². The summed E-state index contributed by atoms with van der Waals surface area (Å²) in [5.41, 5.74) is 6.71. The second-order valence-electron chi connectivity index (χ2n) is 4.16. The third-order valence-electron chi connectivity index (χ3n) is 2.79. The van der Waals surface area contributed by atoms with Crippen LogP contribution in [0.3, 0.4) is 0 Å². The third-order valence-corrected chi connectivity index (χ3v) is 2.79. The second-order valence-corrected chi connectivity index (χ2v) is 4.16. The molecule has 0 aliphatic heterocycles. The van der Waals surface area contributed by atoms with Crippen LogP contribution in [0.4, 0.5) is 5.82 Å². The van der Waals surface area contributed by atoms with E-state index in [0.29, 0.717) is 13.0 Å². The average molecular weight is 272 g/mol. The third kappa shape index (κ3) is 3.44. The van der Waals surface area contributed by atoms with Crippen LogP contribution >= 0.6 is 0 Å². The highest BCUT2D eigenvalue weighted by molar-refractivity contribution is 5.92. The summed E-state index contributed by atoms with van der Waals surface area (Å²) < 4.78 is 5.25. The van der Waals surface area contributed by atoms with E-state index in [1.165, 1.54) is 0 Å². The minimum atomic E-state index is -0.271. The van der Waals surface area contributed by atoms with Crippen LogP contribution in [0.1, 0.15) is 16.1 Å². The fourth-order valence-corrected chi connectivity index (χ4v) is 1.77. The van der Waals surface area contributed by atoms with E-state index in [2.05, 4.69) is 15.5 Å². The molecule has 2 aromatic rings. The van der Waals surface area contributed by atoms with Gasteiger partial charge in [-0.05, 0) is 30.2 Å². The van der Waals surface area contributed by atoms with E-state index in [-0.39, 0.29) is 17.4 Å². The van der Waals surface area contributed by atoms with E-state index in [9.17, 15) is 4.79 Å². The molecule has 0 fully saturated rings. The number of anilines is 1. The SMILES string of the molecule is COc1ccccc1CCNC(=O)c1ccc(N)nn1. The van der Waals surface area contributed by atoms with Crippen LogP contribution in [0.25, 0.3) is 0 Å². The molecule has 0 atom stereocenters. The topological polar surface area (TPSA) is 90.1 Å². The zero-order valence-corrected chi connectivity index (χ0v) is 11.2. The van der Waals surface area contributed by atoms with Crippen molar-refractivity contribution in [3.63, 3.8) is 0 Å². The minimum absolute atomic E-state index is 0.249. The average Bonchev–Trinajstić information content (AvgIpc) is 2.48. The molecule has 20 heavy (non-hydrogen) atoms. The zero-order chi connectivity index (χ0) is 14.4. The molecule has 1 aromatic heterocycles. The molecule has 1 amide bonds. The first-order valence-electron chi connectivity index (χ1n) is 6.20. The normalized spacial score (nSPS) is 10.1. The molecule has 2 rings (SSSR count). The summed E-state index contributed by atoms with van der Waals surface area (Å²) in [7, 11) is 1.63. The molecule has 0 saturated carbocycles. The molecular formula is C14H16N4O2. The number of benzene rings is 1. The Morgan fingerprint density at radius 3 is 2.75 bits per heavy atom. The molecule has 0 radical (unpaired) electrons. The predicted octanol–water partition coefficient (Wildman–Crippen LogP) is 1.04. The van der Waals surface area contributed by atoms with E-state index in [1.54, 1.807) is 19.2 Å². The highest BCUT2D eigenvalue weighted by Gasteiger charge is 2.08. The molecule has 0 saturated heterocycles. The van der Waals surface area contributed by atoms with E-state index in [0.717, 1.165) is 11.3 Å². The Morgan fingerprint density at radius 2 is 2.05 bits per heavy atom. The van der Waals surface area contributed by atoms with Crippen molar-refractivity contribution in [1.29, 1.82) is 0 Å². The number of hydrogen-bond acceptors (Lipinski definition) is 5. The highest BCUT2D eigenvalue weighted by Crippen LogP contribution is 2.17. The summed E-state index contributed by atoms with van der Waals surface area (Å²) in [6, 6.07) is 10.8. The van der Waals surface area contributed by atoms with E-state index >= 15 is 0 Å². The number of nitrogens with two attached hydrogens (primary N) is 1. The highest BCUT2D eigenvalue weighted by atomic mass is 16.5. The minimum Gasteiger partial charge on any atom is -0.496 e. The van der Waals surface area contributed by atoms with Crippen molar-refractivity contribution in [2.75, 3.05) is 19.4 Å². The fraction of sp³-hybridized carbons (Fsp3) is 0.214. The van der Waals surface area contributed by atoms with Gasteiger partial charge in [-0.2, -0.15) is 0 Å². The van der Waals surface area contributed by atoms with Crippen LogP contribution in [0.2, 0.25) is 0 Å². The van der Waals surface area contributed by atoms with Gasteiger partial charge in [0.25, 0.3) is 5.91 Å². The molecule has 1 heterocycles. The van der Waals surface area contributed by atoms with Gasteiger partial charge >= 0.3 is 0 Å². The molecule has 3 N–H and O–H groups in total. The van der Waals surface area contributed by atoms with E-state index in [4.69, 9.17) is 10.5 Å². The molecule has 6 heteroatoms. The molecule has 0 spiro atoms. The second kappa shape index (κ2) is 6.51. The maximum Gasteiger partial charge on any atom is 0.271 e. The van der Waals surface area contributed by atoms with E-state index < -0.39 is 0 Å². The van der Waals surface area contributed by atoms with E-state index in [1.807, 2.05) is 24.3 Å². The van der Waals surface area contributed by atoms with Crippen LogP contribution in [0.15, 0.2) is 36.4 Å². The van der Waals surface area contributed by atoms with Gasteiger partial charge in [0, 0.05) is 6.54 Å². The van der Waals surface area contributed by atoms with Crippen LogP contribution < -0.4 is 15.8 Å². The van der Waals surface area contributed by atoms with Crippen molar-refractivity contribution in [2.24, 2.45) is 0 Å². The number of nitrogens with zero attached hydrogens (tertiary/aromatic N) is 2. The lowest BCUT2D eigenvalue weighted by atomic mass is 10.1. The van der Waals surface area contributed by atoms with Gasteiger partial charge in [0.2, 0.25) is 0 Å². The summed E-state index contributed by atoms with van der Waals surface area (Å²) >= 11 is 0. The number of hydrogen-bond donors (Lipinski definition) is 2. The van der Waals surface area contributed by atoms with Crippen molar-refractivity contribution in [3.05, 3.63) is 47.7 Å². The Labute approximate surface area is 117 Å². The zero-order valence-electron chi connectivity index (χ0n) is 11.2. The Balaban J connectivity index is 1.89. The monoisotopic (exact) mass is 272 g/mol. The van der Waals surface area contributed by atoms with Gasteiger partial charge in [0.05, 0.1) is 7.11 Å². The van der Waals surface area contributed by atoms with Crippen LogP contribution in [-0.4, -0.2) is 29.8 Å². The molecule has 0 bridgehead atoms. The van der Waals surface area contributed by atoms with Gasteiger partial charge in [0.15, 0.2) is 5.69 Å². The number of aromatic nitrogens is 2. The van der Waals surface area contributed by atoms with Crippen molar-refractivity contribution < 1.29 is 9.53 Å². The largest absolute Gasteiger partial charge is 0.496 e. The number of para-hydroxylation sites is 1. The molecule has 0 unspecified atom stereocenters. The Morgan fingerprint density at radius 1 is 1.25 bits per heavy atom. The summed E-state index contributed by atoms with van der Waals surface area (Å²) in [6.07, 6.45) is 0.679. The van der Waals surface area contributed by atoms with Gasteiger partial charge in [-0.25, -0.2) is 0 Å². The number of ether oxygens (including phenoxy) is 1. The number of carbonyl (C=O) groups is 1. The Bertz CT molecular complexity index is 584. The molecule has 0 aliphatic carbocycles. The molecule has 104 valence electrons. The first-order chi connectivity index (χ1) is 9.70. The fourth-order valence-electron chi connectivity index (χ4n) is 1.77. The van der Waals surface area contributed by atoms with Gasteiger partial charge in [-0.1, -0.05) is 18.2 Å². The first-order valence-corrected chi connectivity index (χ1v) is 6.20. The standard InChI is InChI=1S/C14H16N4O2/c1-20-12-5-3-2-4-10(12)8-9-16-14(19)11-6-7-13(15)18-17-11/h2-7H,8-9H2,1H3,(H2,15,18)(H,16,19). The Hall–Kier alpha value is -2.63. The van der Waals surface area contributed by atoms with Gasteiger partial charge in [0.1, 0.15) is 11.6 Å². The van der Waals surface area contributed by atoms with Gasteiger partial charge in [-0.3, -0.25) is 4.79 Å². The van der Waals surface area contributed by atoms with Gasteiger partial charge in [-0.15, -0.1) is 10.2 Å². The number of methoxy groups -OCH3 is 1. The van der Waals surface area contributed by atoms with Gasteiger partial charge < -0.3 is 15.8 Å². The molecular weight excluding hydrogens is 256 g/mol. The van der Waals surface area contributed by atoms with Crippen molar-refractivity contribution in [1.82, 2.24) is 15.5 Å². The first kappa shape index (κ1) is 13.8. The number of amides is 1. The predicted molar refractivity (Wildman–Crippen MR) is 75.5 cm³/mol. The summed E-state index contributed by atoms with van der Waals surface area (Å²) in [4.78, 5) is 11.8. The quantitative estimate of drug-likeness (QED) is 0.848. The lowest BCUT2D eigenvalue weighted by molar-refractivity contribution is 0.0948. The lowest BCUT2D eigenvalue weighted by Gasteiger charge is -2.08. The van der Waals surface area contributed by atoms with Crippen molar-refractivity contribution in [2.45, 2.75) is 6.42 Å². The number of rotatable bonds is 5. The maximum atomic E-state index is 11.8. The van der Waals surface area contributed by atoms with Crippen molar-refractivity contribution >= 4 is 11.7 Å². The molecule has 1 aromatic carbocycles. The van der Waals surface area contributed by atoms with Crippen LogP contribution in [0.5, 0.6) is 5.75 Å². The molecule has 0 aliphatic rings. The maximum absolute atomic E-state index is 11.8. The smallest absolute Gasteiger partial charge is 0.271 e. The Kier molecular flexibility index (Phi) is 4.49.